The minimum Gasteiger partial charge on any atom is -0.462 e. The molecule has 0 saturated carbocycles. The van der Waals surface area contributed by atoms with Gasteiger partial charge in [0.05, 0.1) is 0 Å². The Bertz CT molecular complexity index is 1220. The zero-order valence-electron chi connectivity index (χ0n) is 49.2. The molecule has 0 aromatic rings. The van der Waals surface area contributed by atoms with Gasteiger partial charge in [0, 0.05) is 19.3 Å². The summed E-state index contributed by atoms with van der Waals surface area (Å²) in [7, 11) is 0. The fourth-order valence-electron chi connectivity index (χ4n) is 9.65. The highest BCUT2D eigenvalue weighted by molar-refractivity contribution is 5.71. The molecule has 0 aromatic carbocycles. The Balaban J connectivity index is 4.18. The van der Waals surface area contributed by atoms with Gasteiger partial charge >= 0.3 is 17.9 Å². The van der Waals surface area contributed by atoms with Gasteiger partial charge in [-0.1, -0.05) is 282 Å². The first kappa shape index (κ1) is 70.6. The van der Waals surface area contributed by atoms with E-state index in [1.54, 1.807) is 0 Å². The normalized spacial score (nSPS) is 12.2. The smallest absolute Gasteiger partial charge is 0.306 e. The maximum absolute atomic E-state index is 12.9. The maximum Gasteiger partial charge on any atom is 0.306 e. The lowest BCUT2D eigenvalue weighted by atomic mass is 10.0. The molecule has 428 valence electrons. The van der Waals surface area contributed by atoms with Crippen molar-refractivity contribution >= 4 is 17.9 Å². The minimum atomic E-state index is -0.776. The molecule has 0 aliphatic rings. The monoisotopic (exact) mass is 1020 g/mol. The van der Waals surface area contributed by atoms with Crippen LogP contribution in [0.3, 0.4) is 0 Å². The molecular weight excluding hydrogens is 901 g/mol. The highest BCUT2D eigenvalue weighted by atomic mass is 16.6. The molecule has 6 heteroatoms. The van der Waals surface area contributed by atoms with Gasteiger partial charge in [-0.25, -0.2) is 0 Å². The first-order valence-electron chi connectivity index (χ1n) is 32.5. The van der Waals surface area contributed by atoms with Crippen molar-refractivity contribution in [1.29, 1.82) is 0 Å². The molecule has 1 atom stereocenters. The largest absolute Gasteiger partial charge is 0.462 e. The second-order valence-corrected chi connectivity index (χ2v) is 22.0. The third-order valence-corrected chi connectivity index (χ3v) is 14.6. The van der Waals surface area contributed by atoms with E-state index in [0.29, 0.717) is 19.3 Å². The van der Waals surface area contributed by atoms with Crippen LogP contribution in [0.25, 0.3) is 0 Å². The van der Waals surface area contributed by atoms with E-state index in [2.05, 4.69) is 57.2 Å². The number of hydrogen-bond donors (Lipinski definition) is 0. The molecule has 0 fully saturated rings. The molecule has 0 aliphatic carbocycles. The van der Waals surface area contributed by atoms with E-state index in [9.17, 15) is 14.4 Å². The van der Waals surface area contributed by atoms with Gasteiger partial charge in [-0.15, -0.1) is 0 Å². The van der Waals surface area contributed by atoms with Crippen molar-refractivity contribution in [1.82, 2.24) is 0 Å². The first-order chi connectivity index (χ1) is 36.0. The molecule has 6 nitrogen and oxygen atoms in total. The minimum absolute atomic E-state index is 0.0731. The summed E-state index contributed by atoms with van der Waals surface area (Å²) in [6.07, 6.45) is 75.9. The van der Waals surface area contributed by atoms with Crippen LogP contribution in [0.4, 0.5) is 0 Å². The number of unbranched alkanes of at least 4 members (excludes halogenated alkanes) is 43. The predicted octanol–water partition coefficient (Wildman–Crippen LogP) is 22.0. The number of allylic oxidation sites excluding steroid dienone is 6. The maximum atomic E-state index is 12.9. The summed E-state index contributed by atoms with van der Waals surface area (Å²) in [5, 5.41) is 0. The van der Waals surface area contributed by atoms with Crippen molar-refractivity contribution in [2.24, 2.45) is 0 Å². The standard InChI is InChI=1S/C67H124O6/c1-4-7-10-13-16-19-22-24-26-28-29-30-31-32-33-34-35-36-37-39-40-42-45-48-51-54-57-60-66(69)72-63-64(62-71-65(68)59-56-53-50-47-44-21-18-15-12-9-6-3)73-67(70)61-58-55-52-49-46-43-41-38-27-25-23-20-17-14-11-8-5-2/h15,18,25,27-29,64H,4-14,16-17,19-24,26,30-63H2,1-3H3/b18-15-,27-25-,29-28-. The van der Waals surface area contributed by atoms with E-state index in [4.69, 9.17) is 14.2 Å². The second kappa shape index (κ2) is 62.2. The van der Waals surface area contributed by atoms with Crippen molar-refractivity contribution in [3.8, 4) is 0 Å². The van der Waals surface area contributed by atoms with Crippen LogP contribution in [0, 0.1) is 0 Å². The average molecular weight is 1030 g/mol. The van der Waals surface area contributed by atoms with E-state index in [1.807, 2.05) is 0 Å². The first-order valence-corrected chi connectivity index (χ1v) is 32.5. The number of hydrogen-bond acceptors (Lipinski definition) is 6. The predicted molar refractivity (Wildman–Crippen MR) is 316 cm³/mol. The lowest BCUT2D eigenvalue weighted by molar-refractivity contribution is -0.167. The number of carbonyl (C=O) groups excluding carboxylic acids is 3. The summed E-state index contributed by atoms with van der Waals surface area (Å²) >= 11 is 0. The van der Waals surface area contributed by atoms with E-state index >= 15 is 0 Å². The Labute approximate surface area is 455 Å². The summed E-state index contributed by atoms with van der Waals surface area (Å²) in [5.41, 5.74) is 0. The van der Waals surface area contributed by atoms with Crippen molar-refractivity contribution in [2.45, 2.75) is 361 Å². The Hall–Kier alpha value is -2.37. The van der Waals surface area contributed by atoms with Crippen molar-refractivity contribution in [2.75, 3.05) is 13.2 Å². The molecular formula is C67H124O6. The Morgan fingerprint density at radius 1 is 0.260 bits per heavy atom. The zero-order chi connectivity index (χ0) is 52.9. The lowest BCUT2D eigenvalue weighted by Gasteiger charge is -2.18. The van der Waals surface area contributed by atoms with Crippen molar-refractivity contribution < 1.29 is 28.6 Å². The fraction of sp³-hybridized carbons (Fsp3) is 0.866. The molecule has 0 N–H and O–H groups in total. The van der Waals surface area contributed by atoms with Crippen LogP contribution in [0.15, 0.2) is 36.5 Å². The number of esters is 3. The molecule has 0 amide bonds. The molecule has 0 aromatic heterocycles. The van der Waals surface area contributed by atoms with E-state index in [1.165, 1.54) is 250 Å². The summed E-state index contributed by atoms with van der Waals surface area (Å²) in [4.78, 5) is 38.2. The zero-order valence-corrected chi connectivity index (χ0v) is 49.2. The van der Waals surface area contributed by atoms with Crippen LogP contribution in [0.2, 0.25) is 0 Å². The average Bonchev–Trinajstić information content (AvgIpc) is 3.39. The molecule has 0 aliphatic heterocycles. The molecule has 73 heavy (non-hydrogen) atoms. The van der Waals surface area contributed by atoms with E-state index in [-0.39, 0.29) is 31.1 Å². The molecule has 0 heterocycles. The van der Waals surface area contributed by atoms with E-state index in [0.717, 1.165) is 64.2 Å². The quantitative estimate of drug-likeness (QED) is 0.0261. The van der Waals surface area contributed by atoms with Gasteiger partial charge in [0.2, 0.25) is 0 Å². The third-order valence-electron chi connectivity index (χ3n) is 14.6. The lowest BCUT2D eigenvalue weighted by Crippen LogP contribution is -2.30. The number of ether oxygens (including phenoxy) is 3. The van der Waals surface area contributed by atoms with Crippen LogP contribution in [-0.2, 0) is 28.6 Å². The fourth-order valence-corrected chi connectivity index (χ4v) is 9.65. The Morgan fingerprint density at radius 3 is 0.726 bits per heavy atom. The van der Waals surface area contributed by atoms with Crippen LogP contribution in [0.5, 0.6) is 0 Å². The van der Waals surface area contributed by atoms with Gasteiger partial charge in [-0.05, 0) is 89.9 Å². The number of carbonyl (C=O) groups is 3. The van der Waals surface area contributed by atoms with Crippen molar-refractivity contribution in [3.05, 3.63) is 36.5 Å². The SMILES string of the molecule is CCCC/C=C\CCCCCCCC(=O)OCC(COC(=O)CCCCCCCCCCCCCCCCC/C=C\CCCCCCCCCC)OC(=O)CCCCCCCCC/C=C\CCCCCCCC. The van der Waals surface area contributed by atoms with Crippen LogP contribution in [-0.4, -0.2) is 37.2 Å². The van der Waals surface area contributed by atoms with Crippen LogP contribution in [0.1, 0.15) is 355 Å². The van der Waals surface area contributed by atoms with Crippen LogP contribution < -0.4 is 0 Å². The van der Waals surface area contributed by atoms with Gasteiger partial charge in [0.1, 0.15) is 13.2 Å². The van der Waals surface area contributed by atoms with Gasteiger partial charge in [-0.3, -0.25) is 14.4 Å². The molecule has 0 spiro atoms. The summed E-state index contributed by atoms with van der Waals surface area (Å²) in [6, 6.07) is 0. The summed E-state index contributed by atoms with van der Waals surface area (Å²) in [6.45, 7) is 6.64. The highest BCUT2D eigenvalue weighted by Gasteiger charge is 2.19. The summed E-state index contributed by atoms with van der Waals surface area (Å²) < 4.78 is 16.9. The molecule has 0 radical (unpaired) electrons. The van der Waals surface area contributed by atoms with E-state index < -0.39 is 6.10 Å². The molecule has 0 rings (SSSR count). The van der Waals surface area contributed by atoms with Gasteiger partial charge in [0.25, 0.3) is 0 Å². The second-order valence-electron chi connectivity index (χ2n) is 22.0. The third kappa shape index (κ3) is 60.4. The highest BCUT2D eigenvalue weighted by Crippen LogP contribution is 2.17. The van der Waals surface area contributed by atoms with Crippen LogP contribution >= 0.6 is 0 Å². The molecule has 0 bridgehead atoms. The summed E-state index contributed by atoms with van der Waals surface area (Å²) in [5.74, 6) is -0.868. The topological polar surface area (TPSA) is 78.9 Å². The van der Waals surface area contributed by atoms with Gasteiger partial charge < -0.3 is 14.2 Å². The Morgan fingerprint density at radius 2 is 0.466 bits per heavy atom. The van der Waals surface area contributed by atoms with Gasteiger partial charge in [0.15, 0.2) is 6.10 Å². The Kier molecular flexibility index (Phi) is 60.2. The molecule has 1 unspecified atom stereocenters. The molecule has 0 saturated heterocycles. The number of rotatable bonds is 60. The van der Waals surface area contributed by atoms with Gasteiger partial charge in [-0.2, -0.15) is 0 Å². The van der Waals surface area contributed by atoms with Crippen molar-refractivity contribution in [3.63, 3.8) is 0 Å².